The number of amides is 2. The zero-order valence-corrected chi connectivity index (χ0v) is 14.9. The van der Waals surface area contributed by atoms with E-state index in [-0.39, 0.29) is 11.8 Å². The van der Waals surface area contributed by atoms with Crippen molar-refractivity contribution in [1.82, 2.24) is 10.2 Å². The van der Waals surface area contributed by atoms with Crippen LogP contribution >= 0.6 is 0 Å². The van der Waals surface area contributed by atoms with E-state index in [0.717, 1.165) is 16.9 Å². The summed E-state index contributed by atoms with van der Waals surface area (Å²) in [6, 6.07) is 14.1. The topological polar surface area (TPSA) is 67.9 Å². The van der Waals surface area contributed by atoms with Gasteiger partial charge in [-0.2, -0.15) is 0 Å². The third kappa shape index (κ3) is 3.55. The lowest BCUT2D eigenvalue weighted by Gasteiger charge is -2.25. The smallest absolute Gasteiger partial charge is 0.255 e. The normalized spacial score (nSPS) is 15.7. The van der Waals surface area contributed by atoms with Gasteiger partial charge in [0.2, 0.25) is 5.91 Å². The highest BCUT2D eigenvalue weighted by molar-refractivity contribution is 6.04. The van der Waals surface area contributed by atoms with Gasteiger partial charge in [0.25, 0.3) is 5.91 Å². The van der Waals surface area contributed by atoms with Gasteiger partial charge in [0.15, 0.2) is 0 Å². The van der Waals surface area contributed by atoms with E-state index in [4.69, 9.17) is 9.47 Å². The molecule has 0 saturated heterocycles. The molecule has 3 rings (SSSR count). The molecule has 2 aromatic carbocycles. The Labute approximate surface area is 152 Å². The predicted molar refractivity (Wildman–Crippen MR) is 96.9 cm³/mol. The average Bonchev–Trinajstić information content (AvgIpc) is 2.95. The molecule has 0 bridgehead atoms. The molecular formula is C20H22N2O4. The molecule has 0 fully saturated rings. The number of fused-ring (bicyclic) bond motifs is 1. The highest BCUT2D eigenvalue weighted by Gasteiger charge is 2.40. The molecule has 0 saturated carbocycles. The molecule has 1 N–H and O–H groups in total. The van der Waals surface area contributed by atoms with Crippen LogP contribution in [-0.2, 0) is 16.1 Å². The first-order valence-electron chi connectivity index (χ1n) is 8.45. The van der Waals surface area contributed by atoms with Gasteiger partial charge >= 0.3 is 0 Å². The minimum absolute atomic E-state index is 0.136. The Balaban J connectivity index is 1.85. The van der Waals surface area contributed by atoms with Crippen molar-refractivity contribution in [3.05, 3.63) is 65.2 Å². The SMILES string of the molecule is COCCNC(=O)C1c2ccccc2C(=O)N1Cc1ccc(OC)cc1. The minimum Gasteiger partial charge on any atom is -0.497 e. The molecule has 136 valence electrons. The highest BCUT2D eigenvalue weighted by Crippen LogP contribution is 2.35. The molecule has 0 aromatic heterocycles. The summed E-state index contributed by atoms with van der Waals surface area (Å²) in [4.78, 5) is 27.2. The van der Waals surface area contributed by atoms with Crippen molar-refractivity contribution in [1.29, 1.82) is 0 Å². The van der Waals surface area contributed by atoms with Crippen molar-refractivity contribution in [3.63, 3.8) is 0 Å². The number of nitrogens with zero attached hydrogens (tertiary/aromatic N) is 1. The number of hydrogen-bond donors (Lipinski definition) is 1. The third-order valence-corrected chi connectivity index (χ3v) is 4.42. The van der Waals surface area contributed by atoms with Crippen molar-refractivity contribution in [2.45, 2.75) is 12.6 Å². The Hall–Kier alpha value is -2.86. The van der Waals surface area contributed by atoms with Crippen LogP contribution in [-0.4, -0.2) is 44.1 Å². The third-order valence-electron chi connectivity index (χ3n) is 4.42. The standard InChI is InChI=1S/C20H22N2O4/c1-25-12-11-21-19(23)18-16-5-3-4-6-17(16)20(24)22(18)13-14-7-9-15(26-2)10-8-14/h3-10,18H,11-13H2,1-2H3,(H,21,23). The van der Waals surface area contributed by atoms with Crippen LogP contribution < -0.4 is 10.1 Å². The summed E-state index contributed by atoms with van der Waals surface area (Å²) in [7, 11) is 3.19. The fourth-order valence-electron chi connectivity index (χ4n) is 3.12. The molecule has 6 nitrogen and oxygen atoms in total. The zero-order chi connectivity index (χ0) is 18.5. The number of carbonyl (C=O) groups excluding carboxylic acids is 2. The largest absolute Gasteiger partial charge is 0.497 e. The minimum atomic E-state index is -0.641. The Morgan fingerprint density at radius 1 is 1.12 bits per heavy atom. The molecule has 1 aliphatic rings. The number of nitrogens with one attached hydrogen (secondary N) is 1. The molecule has 0 spiro atoms. The van der Waals surface area contributed by atoms with E-state index in [0.29, 0.717) is 25.3 Å². The van der Waals surface area contributed by atoms with E-state index in [1.165, 1.54) is 0 Å². The van der Waals surface area contributed by atoms with Crippen molar-refractivity contribution >= 4 is 11.8 Å². The molecule has 1 heterocycles. The van der Waals surface area contributed by atoms with Crippen LogP contribution in [0.1, 0.15) is 27.5 Å². The van der Waals surface area contributed by atoms with Gasteiger partial charge in [0.1, 0.15) is 11.8 Å². The molecule has 0 aliphatic carbocycles. The Kier molecular flexibility index (Phi) is 5.53. The first-order valence-corrected chi connectivity index (χ1v) is 8.45. The molecule has 26 heavy (non-hydrogen) atoms. The summed E-state index contributed by atoms with van der Waals surface area (Å²) in [6.45, 7) is 1.17. The molecule has 6 heteroatoms. The molecule has 2 aromatic rings. The highest BCUT2D eigenvalue weighted by atomic mass is 16.5. The van der Waals surface area contributed by atoms with Gasteiger partial charge < -0.3 is 19.7 Å². The zero-order valence-electron chi connectivity index (χ0n) is 14.9. The monoisotopic (exact) mass is 354 g/mol. The first-order chi connectivity index (χ1) is 12.7. The van der Waals surface area contributed by atoms with Gasteiger partial charge in [-0.15, -0.1) is 0 Å². The van der Waals surface area contributed by atoms with Gasteiger partial charge in [-0.05, 0) is 29.3 Å². The maximum atomic E-state index is 12.9. The number of ether oxygens (including phenoxy) is 2. The second-order valence-electron chi connectivity index (χ2n) is 6.05. The van der Waals surface area contributed by atoms with Crippen molar-refractivity contribution in [2.24, 2.45) is 0 Å². The van der Waals surface area contributed by atoms with Gasteiger partial charge in [0.05, 0.1) is 13.7 Å². The van der Waals surface area contributed by atoms with Crippen LogP contribution in [0.3, 0.4) is 0 Å². The molecule has 2 amide bonds. The number of rotatable bonds is 7. The van der Waals surface area contributed by atoms with Crippen LogP contribution in [0.4, 0.5) is 0 Å². The van der Waals surface area contributed by atoms with Gasteiger partial charge in [-0.1, -0.05) is 30.3 Å². The number of hydrogen-bond acceptors (Lipinski definition) is 4. The lowest BCUT2D eigenvalue weighted by molar-refractivity contribution is -0.125. The molecule has 1 unspecified atom stereocenters. The molecule has 0 radical (unpaired) electrons. The van der Waals surface area contributed by atoms with Crippen LogP contribution in [0.5, 0.6) is 5.75 Å². The maximum absolute atomic E-state index is 12.9. The molecule has 1 aliphatic heterocycles. The summed E-state index contributed by atoms with van der Waals surface area (Å²) in [5, 5.41) is 2.84. The lowest BCUT2D eigenvalue weighted by atomic mass is 10.0. The number of methoxy groups -OCH3 is 2. The van der Waals surface area contributed by atoms with Crippen molar-refractivity contribution < 1.29 is 19.1 Å². The maximum Gasteiger partial charge on any atom is 0.255 e. The van der Waals surface area contributed by atoms with Crippen LogP contribution in [0.25, 0.3) is 0 Å². The molecular weight excluding hydrogens is 332 g/mol. The van der Waals surface area contributed by atoms with E-state index < -0.39 is 6.04 Å². The summed E-state index contributed by atoms with van der Waals surface area (Å²) in [5.41, 5.74) is 2.25. The predicted octanol–water partition coefficient (Wildman–Crippen LogP) is 2.15. The number of benzene rings is 2. The van der Waals surface area contributed by atoms with Crippen molar-refractivity contribution in [3.8, 4) is 5.75 Å². The summed E-state index contributed by atoms with van der Waals surface area (Å²) >= 11 is 0. The van der Waals surface area contributed by atoms with E-state index in [1.54, 1.807) is 25.2 Å². The Morgan fingerprint density at radius 3 is 2.54 bits per heavy atom. The fourth-order valence-corrected chi connectivity index (χ4v) is 3.12. The lowest BCUT2D eigenvalue weighted by Crippen LogP contribution is -2.39. The fraction of sp³-hybridized carbons (Fsp3) is 0.300. The van der Waals surface area contributed by atoms with E-state index in [2.05, 4.69) is 5.32 Å². The second kappa shape index (κ2) is 8.01. The van der Waals surface area contributed by atoms with Crippen LogP contribution in [0.2, 0.25) is 0 Å². The average molecular weight is 354 g/mol. The summed E-state index contributed by atoms with van der Waals surface area (Å²) < 4.78 is 10.2. The second-order valence-corrected chi connectivity index (χ2v) is 6.05. The van der Waals surface area contributed by atoms with Crippen LogP contribution in [0, 0.1) is 0 Å². The summed E-state index contributed by atoms with van der Waals surface area (Å²) in [5.74, 6) is 0.413. The van der Waals surface area contributed by atoms with Gasteiger partial charge in [0, 0.05) is 25.8 Å². The molecule has 1 atom stereocenters. The Bertz CT molecular complexity index is 789. The van der Waals surface area contributed by atoms with E-state index >= 15 is 0 Å². The van der Waals surface area contributed by atoms with Crippen LogP contribution in [0.15, 0.2) is 48.5 Å². The van der Waals surface area contributed by atoms with Crippen molar-refractivity contribution in [2.75, 3.05) is 27.4 Å². The summed E-state index contributed by atoms with van der Waals surface area (Å²) in [6.07, 6.45) is 0. The Morgan fingerprint density at radius 2 is 1.85 bits per heavy atom. The van der Waals surface area contributed by atoms with E-state index in [9.17, 15) is 9.59 Å². The first kappa shape index (κ1) is 17.9. The number of carbonyl (C=O) groups is 2. The van der Waals surface area contributed by atoms with E-state index in [1.807, 2.05) is 42.5 Å². The van der Waals surface area contributed by atoms with Gasteiger partial charge in [-0.3, -0.25) is 9.59 Å². The van der Waals surface area contributed by atoms with Gasteiger partial charge in [-0.25, -0.2) is 0 Å². The quantitative estimate of drug-likeness (QED) is 0.774.